The zero-order chi connectivity index (χ0) is 14.0. The van der Waals surface area contributed by atoms with Gasteiger partial charge in [-0.05, 0) is 30.3 Å². The van der Waals surface area contributed by atoms with Crippen LogP contribution >= 0.6 is 0 Å². The smallest absolute Gasteiger partial charge is 0.248 e. The topological polar surface area (TPSA) is 81.1 Å². The lowest BCUT2D eigenvalue weighted by molar-refractivity contribution is 0.100. The maximum atomic E-state index is 13.5. The van der Waals surface area contributed by atoms with E-state index in [1.165, 1.54) is 24.3 Å². The van der Waals surface area contributed by atoms with E-state index in [1.54, 1.807) is 0 Å². The SMILES string of the molecule is NC(=O)c1ccc(Nc2c(F)cccc2F)c(N)c1. The minimum absolute atomic E-state index is 0.166. The van der Waals surface area contributed by atoms with Gasteiger partial charge >= 0.3 is 0 Å². The van der Waals surface area contributed by atoms with E-state index < -0.39 is 17.5 Å². The monoisotopic (exact) mass is 263 g/mol. The molecule has 2 aromatic rings. The molecule has 0 aliphatic rings. The van der Waals surface area contributed by atoms with Crippen LogP contribution in [-0.2, 0) is 0 Å². The molecule has 0 saturated carbocycles. The first-order valence-electron chi connectivity index (χ1n) is 5.39. The van der Waals surface area contributed by atoms with Gasteiger partial charge < -0.3 is 16.8 Å². The number of amides is 1. The highest BCUT2D eigenvalue weighted by Gasteiger charge is 2.11. The molecule has 0 aromatic heterocycles. The third-order valence-electron chi connectivity index (χ3n) is 2.56. The molecule has 98 valence electrons. The third kappa shape index (κ3) is 2.62. The molecule has 1 amide bonds. The fourth-order valence-corrected chi connectivity index (χ4v) is 1.58. The Morgan fingerprint density at radius 2 is 1.74 bits per heavy atom. The lowest BCUT2D eigenvalue weighted by Crippen LogP contribution is -2.11. The summed E-state index contributed by atoms with van der Waals surface area (Å²) < 4.78 is 26.9. The standard InChI is InChI=1S/C13H11F2N3O/c14-8-2-1-3-9(15)12(8)18-11-5-4-7(13(17)19)6-10(11)16/h1-6,18H,16H2,(H2,17,19). The van der Waals surface area contributed by atoms with Crippen molar-refractivity contribution in [1.82, 2.24) is 0 Å². The van der Waals surface area contributed by atoms with E-state index in [9.17, 15) is 13.6 Å². The van der Waals surface area contributed by atoms with E-state index in [0.717, 1.165) is 12.1 Å². The molecule has 0 bridgehead atoms. The molecule has 2 aromatic carbocycles. The molecule has 4 nitrogen and oxygen atoms in total. The van der Waals surface area contributed by atoms with Crippen molar-refractivity contribution in [3.05, 3.63) is 53.6 Å². The summed E-state index contributed by atoms with van der Waals surface area (Å²) in [5, 5.41) is 2.55. The summed E-state index contributed by atoms with van der Waals surface area (Å²) in [5.41, 5.74) is 11.2. The normalized spacial score (nSPS) is 10.2. The van der Waals surface area contributed by atoms with Gasteiger partial charge in [0.2, 0.25) is 5.91 Å². The molecular weight excluding hydrogens is 252 g/mol. The van der Waals surface area contributed by atoms with Gasteiger partial charge in [0.25, 0.3) is 0 Å². The second-order valence-corrected chi connectivity index (χ2v) is 3.89. The zero-order valence-corrected chi connectivity index (χ0v) is 9.78. The summed E-state index contributed by atoms with van der Waals surface area (Å²) in [6, 6.07) is 7.69. The first-order valence-corrected chi connectivity index (χ1v) is 5.39. The first-order chi connectivity index (χ1) is 8.99. The van der Waals surface area contributed by atoms with Crippen molar-refractivity contribution in [1.29, 1.82) is 0 Å². The lowest BCUT2D eigenvalue weighted by atomic mass is 10.1. The van der Waals surface area contributed by atoms with Gasteiger partial charge in [-0.25, -0.2) is 8.78 Å². The van der Waals surface area contributed by atoms with Crippen LogP contribution < -0.4 is 16.8 Å². The van der Waals surface area contributed by atoms with Crippen molar-refractivity contribution in [3.63, 3.8) is 0 Å². The Morgan fingerprint density at radius 1 is 1.11 bits per heavy atom. The van der Waals surface area contributed by atoms with Crippen molar-refractivity contribution in [3.8, 4) is 0 Å². The Kier molecular flexibility index (Phi) is 3.33. The van der Waals surface area contributed by atoms with E-state index in [-0.39, 0.29) is 22.6 Å². The van der Waals surface area contributed by atoms with E-state index in [4.69, 9.17) is 11.5 Å². The predicted molar refractivity (Wildman–Crippen MR) is 69.0 cm³/mol. The lowest BCUT2D eigenvalue weighted by Gasteiger charge is -2.11. The Morgan fingerprint density at radius 3 is 2.26 bits per heavy atom. The first kappa shape index (κ1) is 12.8. The van der Waals surface area contributed by atoms with Gasteiger partial charge in [0.1, 0.15) is 17.3 Å². The van der Waals surface area contributed by atoms with Gasteiger partial charge in [0.05, 0.1) is 11.4 Å². The maximum Gasteiger partial charge on any atom is 0.248 e. The minimum atomic E-state index is -0.738. The second-order valence-electron chi connectivity index (χ2n) is 3.89. The summed E-state index contributed by atoms with van der Waals surface area (Å²) in [6.07, 6.45) is 0. The maximum absolute atomic E-state index is 13.5. The summed E-state index contributed by atoms with van der Waals surface area (Å²) in [4.78, 5) is 11.0. The number of anilines is 3. The zero-order valence-electron chi connectivity index (χ0n) is 9.78. The van der Waals surface area contributed by atoms with Gasteiger partial charge in [-0.3, -0.25) is 4.79 Å². The molecule has 0 aliphatic carbocycles. The third-order valence-corrected chi connectivity index (χ3v) is 2.56. The molecule has 6 heteroatoms. The van der Waals surface area contributed by atoms with E-state index in [1.807, 2.05) is 0 Å². The molecule has 19 heavy (non-hydrogen) atoms. The molecule has 0 heterocycles. The Labute approximate surface area is 108 Å². The number of nitrogens with two attached hydrogens (primary N) is 2. The number of nitrogens with one attached hydrogen (secondary N) is 1. The highest BCUT2D eigenvalue weighted by molar-refractivity contribution is 5.95. The van der Waals surface area contributed by atoms with E-state index in [2.05, 4.69) is 5.32 Å². The van der Waals surface area contributed by atoms with Gasteiger partial charge in [-0.2, -0.15) is 0 Å². The molecule has 0 unspecified atom stereocenters. The van der Waals surface area contributed by atoms with Crippen molar-refractivity contribution in [2.75, 3.05) is 11.1 Å². The summed E-state index contributed by atoms with van der Waals surface area (Å²) in [5.74, 6) is -2.10. The molecule has 5 N–H and O–H groups in total. The number of carbonyl (C=O) groups excluding carboxylic acids is 1. The molecular formula is C13H11F2N3O. The summed E-state index contributed by atoms with van der Waals surface area (Å²) in [7, 11) is 0. The minimum Gasteiger partial charge on any atom is -0.397 e. The van der Waals surface area contributed by atoms with Crippen LogP contribution in [0.1, 0.15) is 10.4 Å². The second kappa shape index (κ2) is 4.93. The van der Waals surface area contributed by atoms with Crippen LogP contribution in [-0.4, -0.2) is 5.91 Å². The number of hydrogen-bond acceptors (Lipinski definition) is 3. The summed E-state index contributed by atoms with van der Waals surface area (Å²) >= 11 is 0. The molecule has 0 spiro atoms. The number of carbonyl (C=O) groups is 1. The summed E-state index contributed by atoms with van der Waals surface area (Å²) in [6.45, 7) is 0. The van der Waals surface area contributed by atoms with Crippen LogP contribution in [0, 0.1) is 11.6 Å². The van der Waals surface area contributed by atoms with Crippen molar-refractivity contribution >= 4 is 23.0 Å². The number of hydrogen-bond donors (Lipinski definition) is 3. The van der Waals surface area contributed by atoms with Gasteiger partial charge in [0, 0.05) is 5.56 Å². The van der Waals surface area contributed by atoms with Crippen molar-refractivity contribution in [2.45, 2.75) is 0 Å². The molecule has 0 radical (unpaired) electrons. The van der Waals surface area contributed by atoms with Crippen LogP contribution in [0.3, 0.4) is 0 Å². The number of halogens is 2. The van der Waals surface area contributed by atoms with Gasteiger partial charge in [-0.15, -0.1) is 0 Å². The largest absolute Gasteiger partial charge is 0.397 e. The van der Waals surface area contributed by atoms with Crippen molar-refractivity contribution < 1.29 is 13.6 Å². The fraction of sp³-hybridized carbons (Fsp3) is 0. The van der Waals surface area contributed by atoms with Crippen LogP contribution in [0.5, 0.6) is 0 Å². The van der Waals surface area contributed by atoms with Crippen LogP contribution in [0.2, 0.25) is 0 Å². The van der Waals surface area contributed by atoms with Crippen LogP contribution in [0.25, 0.3) is 0 Å². The molecule has 2 rings (SSSR count). The Hall–Kier alpha value is -2.63. The molecule has 0 saturated heterocycles. The molecule has 0 atom stereocenters. The fourth-order valence-electron chi connectivity index (χ4n) is 1.58. The van der Waals surface area contributed by atoms with Gasteiger partial charge in [0.15, 0.2) is 0 Å². The highest BCUT2D eigenvalue weighted by Crippen LogP contribution is 2.27. The Balaban J connectivity index is 2.36. The predicted octanol–water partition coefficient (Wildman–Crippen LogP) is 2.39. The van der Waals surface area contributed by atoms with Crippen LogP contribution in [0.15, 0.2) is 36.4 Å². The van der Waals surface area contributed by atoms with E-state index in [0.29, 0.717) is 0 Å². The van der Waals surface area contributed by atoms with Gasteiger partial charge in [-0.1, -0.05) is 6.07 Å². The van der Waals surface area contributed by atoms with Crippen LogP contribution in [0.4, 0.5) is 25.8 Å². The number of rotatable bonds is 3. The number of benzene rings is 2. The number of nitrogen functional groups attached to an aromatic ring is 1. The van der Waals surface area contributed by atoms with Crippen molar-refractivity contribution in [2.24, 2.45) is 5.73 Å². The quantitative estimate of drug-likeness (QED) is 0.744. The van der Waals surface area contributed by atoms with E-state index >= 15 is 0 Å². The number of para-hydroxylation sites is 1. The Bertz CT molecular complexity index is 624. The molecule has 0 aliphatic heterocycles. The highest BCUT2D eigenvalue weighted by atomic mass is 19.1. The number of primary amides is 1. The average Bonchev–Trinajstić information content (AvgIpc) is 2.35. The average molecular weight is 263 g/mol. The molecule has 0 fully saturated rings.